The van der Waals surface area contributed by atoms with Crippen LogP contribution in [0.5, 0.6) is 0 Å². The Kier molecular flexibility index (Phi) is 14.0. The second-order valence-corrected chi connectivity index (χ2v) is 4.75. The molecule has 0 amide bonds. The van der Waals surface area contributed by atoms with Crippen molar-refractivity contribution in [1.82, 2.24) is 4.90 Å². The highest BCUT2D eigenvalue weighted by Crippen LogP contribution is 2.13. The zero-order chi connectivity index (χ0) is 12.3. The Morgan fingerprint density at radius 1 is 1.33 bits per heavy atom. The molecule has 0 rings (SSSR count). The highest BCUT2D eigenvalue weighted by atomic mass is 32.2. The van der Waals surface area contributed by atoms with Crippen LogP contribution in [0.25, 0.3) is 0 Å². The summed E-state index contributed by atoms with van der Waals surface area (Å²) in [5.41, 5.74) is 0. The molecule has 15 heavy (non-hydrogen) atoms. The summed E-state index contributed by atoms with van der Waals surface area (Å²) in [7, 11) is 4.10. The lowest BCUT2D eigenvalue weighted by atomic mass is 10.1. The van der Waals surface area contributed by atoms with Crippen molar-refractivity contribution in [2.75, 3.05) is 26.9 Å². The zero-order valence-corrected chi connectivity index (χ0v) is 12.0. The molecule has 0 aliphatic rings. The van der Waals surface area contributed by atoms with Gasteiger partial charge in [-0.3, -0.25) is 4.79 Å². The molecule has 0 spiro atoms. The Bertz CT molecular complexity index is 149. The molecule has 0 aromatic rings. The number of Topliss-reactive ketones (excluding diaryl/α,β-unsaturated/α-hetero) is 1. The van der Waals surface area contributed by atoms with Crippen LogP contribution in [0.4, 0.5) is 0 Å². The van der Waals surface area contributed by atoms with Gasteiger partial charge in [-0.25, -0.2) is 0 Å². The van der Waals surface area contributed by atoms with Gasteiger partial charge >= 0.3 is 0 Å². The summed E-state index contributed by atoms with van der Waals surface area (Å²) in [6.07, 6.45) is 4.52. The highest BCUT2D eigenvalue weighted by Gasteiger charge is 2.12. The Morgan fingerprint density at radius 2 is 1.87 bits per heavy atom. The number of carbonyl (C=O) groups is 1. The lowest BCUT2D eigenvalue weighted by molar-refractivity contribution is -0.119. The molecule has 0 heterocycles. The molecule has 0 aromatic heterocycles. The van der Waals surface area contributed by atoms with Gasteiger partial charge in [0.1, 0.15) is 5.78 Å². The average Bonchev–Trinajstić information content (AvgIpc) is 2.19. The fraction of sp³-hybridized carbons (Fsp3) is 0.917. The van der Waals surface area contributed by atoms with E-state index in [-0.39, 0.29) is 0 Å². The molecule has 0 radical (unpaired) electrons. The van der Waals surface area contributed by atoms with Crippen LogP contribution in [0.2, 0.25) is 0 Å². The molecule has 0 N–H and O–H groups in total. The van der Waals surface area contributed by atoms with Crippen LogP contribution in [0.15, 0.2) is 0 Å². The van der Waals surface area contributed by atoms with Gasteiger partial charge in [0.15, 0.2) is 0 Å². The third-order valence-electron chi connectivity index (χ3n) is 1.89. The molecular formula is C12H27NOS. The molecule has 3 heteroatoms. The second-order valence-electron chi connectivity index (χ2n) is 3.61. The predicted octanol–water partition coefficient (Wildman–Crippen LogP) is 3.07. The maximum atomic E-state index is 11.4. The summed E-state index contributed by atoms with van der Waals surface area (Å²) in [5, 5.41) is 0.467. The van der Waals surface area contributed by atoms with Crippen LogP contribution in [0.3, 0.4) is 0 Å². The molecule has 92 valence electrons. The number of ketones is 1. The van der Waals surface area contributed by atoms with Crippen LogP contribution in [-0.2, 0) is 4.79 Å². The van der Waals surface area contributed by atoms with E-state index in [0.29, 0.717) is 11.0 Å². The summed E-state index contributed by atoms with van der Waals surface area (Å²) in [5.74, 6) is 0.406. The third-order valence-corrected chi connectivity index (χ3v) is 2.87. The molecule has 0 aromatic carbocycles. The number of nitrogens with zero attached hydrogens (tertiary/aromatic N) is 1. The first-order valence-corrected chi connectivity index (χ1v) is 7.08. The van der Waals surface area contributed by atoms with E-state index >= 15 is 0 Å². The summed E-state index contributed by atoms with van der Waals surface area (Å²) in [6.45, 7) is 7.05. The first-order valence-electron chi connectivity index (χ1n) is 5.79. The molecule has 0 saturated carbocycles. The van der Waals surface area contributed by atoms with Gasteiger partial charge in [-0.15, -0.1) is 0 Å². The number of thioether (sulfide) groups is 1. The standard InChI is InChI=1S/C10H21NOS.C2H6/c1-5-6-9(12)7-10(13-4)8-11(2)3;1-2/h10H,5-8H2,1-4H3;1-2H3. The smallest absolute Gasteiger partial charge is 0.134 e. The average molecular weight is 233 g/mol. The van der Waals surface area contributed by atoms with Crippen LogP contribution in [0, 0.1) is 0 Å². The van der Waals surface area contributed by atoms with Crippen LogP contribution >= 0.6 is 11.8 Å². The summed E-state index contributed by atoms with van der Waals surface area (Å²) >= 11 is 1.79. The van der Waals surface area contributed by atoms with Gasteiger partial charge in [0.2, 0.25) is 0 Å². The first kappa shape index (κ1) is 17.4. The van der Waals surface area contributed by atoms with Gasteiger partial charge < -0.3 is 4.90 Å². The van der Waals surface area contributed by atoms with Gasteiger partial charge in [-0.2, -0.15) is 11.8 Å². The van der Waals surface area contributed by atoms with Crippen LogP contribution in [-0.4, -0.2) is 42.8 Å². The second kappa shape index (κ2) is 12.1. The minimum Gasteiger partial charge on any atom is -0.308 e. The van der Waals surface area contributed by atoms with Gasteiger partial charge in [0.25, 0.3) is 0 Å². The van der Waals surface area contributed by atoms with Crippen molar-refractivity contribution in [1.29, 1.82) is 0 Å². The minimum absolute atomic E-state index is 0.406. The first-order chi connectivity index (χ1) is 7.10. The van der Waals surface area contributed by atoms with Crippen molar-refractivity contribution < 1.29 is 4.79 Å². The lowest BCUT2D eigenvalue weighted by Crippen LogP contribution is -2.25. The minimum atomic E-state index is 0.406. The van der Waals surface area contributed by atoms with Gasteiger partial charge in [-0.1, -0.05) is 20.8 Å². The largest absolute Gasteiger partial charge is 0.308 e. The third kappa shape index (κ3) is 11.9. The molecule has 1 unspecified atom stereocenters. The molecule has 0 aliphatic heterocycles. The summed E-state index contributed by atoms with van der Waals surface area (Å²) in [6, 6.07) is 0. The van der Waals surface area contributed by atoms with E-state index in [9.17, 15) is 4.79 Å². The zero-order valence-electron chi connectivity index (χ0n) is 11.2. The van der Waals surface area contributed by atoms with E-state index < -0.39 is 0 Å². The maximum Gasteiger partial charge on any atom is 0.134 e. The topological polar surface area (TPSA) is 20.3 Å². The Morgan fingerprint density at radius 3 is 2.20 bits per heavy atom. The molecule has 2 nitrogen and oxygen atoms in total. The fourth-order valence-electron chi connectivity index (χ4n) is 1.26. The van der Waals surface area contributed by atoms with Crippen molar-refractivity contribution in [3.8, 4) is 0 Å². The predicted molar refractivity (Wildman–Crippen MR) is 71.7 cm³/mol. The van der Waals surface area contributed by atoms with Gasteiger partial charge in [-0.05, 0) is 26.8 Å². The van der Waals surface area contributed by atoms with Gasteiger partial charge in [0, 0.05) is 24.6 Å². The molecule has 1 atom stereocenters. The normalized spacial score (nSPS) is 11.9. The Labute approximate surface area is 99.8 Å². The maximum absolute atomic E-state index is 11.4. The summed E-state index contributed by atoms with van der Waals surface area (Å²) in [4.78, 5) is 13.5. The molecule has 0 fully saturated rings. The van der Waals surface area contributed by atoms with Crippen LogP contribution in [0.1, 0.15) is 40.0 Å². The SMILES string of the molecule is CC.CCCC(=O)CC(CN(C)C)SC. The van der Waals surface area contributed by atoms with E-state index in [0.717, 1.165) is 25.8 Å². The monoisotopic (exact) mass is 233 g/mol. The van der Waals surface area contributed by atoms with E-state index in [1.165, 1.54) is 0 Å². The van der Waals surface area contributed by atoms with Crippen LogP contribution < -0.4 is 0 Å². The van der Waals surface area contributed by atoms with Crippen molar-refractivity contribution in [2.45, 2.75) is 45.3 Å². The quantitative estimate of drug-likeness (QED) is 0.674. The highest BCUT2D eigenvalue weighted by molar-refractivity contribution is 7.99. The molecular weight excluding hydrogens is 206 g/mol. The number of hydrogen-bond acceptors (Lipinski definition) is 3. The van der Waals surface area contributed by atoms with Crippen molar-refractivity contribution in [3.63, 3.8) is 0 Å². The van der Waals surface area contributed by atoms with Gasteiger partial charge in [0.05, 0.1) is 0 Å². The van der Waals surface area contributed by atoms with Crippen molar-refractivity contribution in [2.24, 2.45) is 0 Å². The van der Waals surface area contributed by atoms with Crippen molar-refractivity contribution in [3.05, 3.63) is 0 Å². The Balaban J connectivity index is 0. The van der Waals surface area contributed by atoms with Crippen molar-refractivity contribution >= 4 is 17.5 Å². The van der Waals surface area contributed by atoms with E-state index in [1.54, 1.807) is 11.8 Å². The Hall–Kier alpha value is -0.0200. The van der Waals surface area contributed by atoms with E-state index in [1.807, 2.05) is 27.9 Å². The number of hydrogen-bond donors (Lipinski definition) is 0. The van der Waals surface area contributed by atoms with E-state index in [2.05, 4.69) is 18.1 Å². The number of carbonyl (C=O) groups excluding carboxylic acids is 1. The molecule has 0 saturated heterocycles. The fourth-order valence-corrected chi connectivity index (χ4v) is 2.06. The molecule has 0 aliphatic carbocycles. The summed E-state index contributed by atoms with van der Waals surface area (Å²) < 4.78 is 0. The lowest BCUT2D eigenvalue weighted by Gasteiger charge is -2.18. The number of rotatable bonds is 7. The van der Waals surface area contributed by atoms with E-state index in [4.69, 9.17) is 0 Å². The molecule has 0 bridgehead atoms.